The number of hydrogen-bond acceptors (Lipinski definition) is 4. The highest BCUT2D eigenvalue weighted by molar-refractivity contribution is 7.71. The maximum atomic E-state index is 12.8. The smallest absolute Gasteiger partial charge is 0.335 e. The highest BCUT2D eigenvalue weighted by Gasteiger charge is 2.11. The summed E-state index contributed by atoms with van der Waals surface area (Å²) in [4.78, 5) is 26.8. The van der Waals surface area contributed by atoms with Crippen molar-refractivity contribution in [3.63, 3.8) is 0 Å². The zero-order chi connectivity index (χ0) is 18.0. The van der Waals surface area contributed by atoms with Gasteiger partial charge in [-0.25, -0.2) is 4.79 Å². The quantitative estimate of drug-likeness (QED) is 0.686. The summed E-state index contributed by atoms with van der Waals surface area (Å²) in [5, 5.41) is 9.46. The van der Waals surface area contributed by atoms with Crippen molar-refractivity contribution in [1.29, 1.82) is 0 Å². The molecule has 7 heteroatoms. The van der Waals surface area contributed by atoms with Crippen LogP contribution in [0, 0.1) is 4.77 Å². The van der Waals surface area contributed by atoms with E-state index >= 15 is 0 Å². The van der Waals surface area contributed by atoms with Gasteiger partial charge in [-0.3, -0.25) is 9.36 Å². The van der Waals surface area contributed by atoms with Gasteiger partial charge in [-0.15, -0.1) is 0 Å². The second-order valence-corrected chi connectivity index (χ2v) is 5.81. The van der Waals surface area contributed by atoms with Gasteiger partial charge in [-0.05, 0) is 43.4 Å². The second-order valence-electron chi connectivity index (χ2n) is 5.43. The van der Waals surface area contributed by atoms with Crippen molar-refractivity contribution >= 4 is 29.1 Å². The molecule has 0 aliphatic rings. The number of nitrogens with zero attached hydrogens (tertiary/aromatic N) is 1. The van der Waals surface area contributed by atoms with Crippen LogP contribution >= 0.6 is 12.2 Å². The summed E-state index contributed by atoms with van der Waals surface area (Å²) in [6.07, 6.45) is 0. The Labute approximate surface area is 148 Å². The van der Waals surface area contributed by atoms with Crippen molar-refractivity contribution in [3.05, 3.63) is 68.7 Å². The first-order valence-corrected chi connectivity index (χ1v) is 8.13. The van der Waals surface area contributed by atoms with Crippen LogP contribution in [0.25, 0.3) is 10.9 Å². The fourth-order valence-electron chi connectivity index (χ4n) is 2.63. The molecule has 0 saturated carbocycles. The molecule has 3 rings (SSSR count). The number of rotatable bonds is 5. The normalized spacial score (nSPS) is 10.8. The minimum atomic E-state index is -1.06. The van der Waals surface area contributed by atoms with E-state index in [0.717, 1.165) is 5.56 Å². The topological polar surface area (TPSA) is 84.3 Å². The van der Waals surface area contributed by atoms with E-state index in [9.17, 15) is 9.59 Å². The van der Waals surface area contributed by atoms with Crippen molar-refractivity contribution in [3.8, 4) is 5.75 Å². The molecule has 0 radical (unpaired) electrons. The average Bonchev–Trinajstić information content (AvgIpc) is 2.59. The van der Waals surface area contributed by atoms with Gasteiger partial charge < -0.3 is 14.8 Å². The third kappa shape index (κ3) is 3.32. The maximum Gasteiger partial charge on any atom is 0.335 e. The Morgan fingerprint density at radius 3 is 2.76 bits per heavy atom. The van der Waals surface area contributed by atoms with Gasteiger partial charge in [0.15, 0.2) is 4.77 Å². The SMILES string of the molecule is CCOc1ccccc1Cn1c(=S)[nH]c2cc(C(=O)O)ccc2c1=O. The van der Waals surface area contributed by atoms with E-state index < -0.39 is 5.97 Å². The van der Waals surface area contributed by atoms with Crippen LogP contribution in [0.4, 0.5) is 0 Å². The molecule has 0 fully saturated rings. The zero-order valence-corrected chi connectivity index (χ0v) is 14.3. The number of aromatic carboxylic acids is 1. The van der Waals surface area contributed by atoms with Crippen LogP contribution in [0.2, 0.25) is 0 Å². The van der Waals surface area contributed by atoms with E-state index in [1.54, 1.807) is 0 Å². The van der Waals surface area contributed by atoms with Gasteiger partial charge in [-0.1, -0.05) is 18.2 Å². The summed E-state index contributed by atoms with van der Waals surface area (Å²) in [6.45, 7) is 2.68. The Bertz CT molecular complexity index is 1070. The maximum absolute atomic E-state index is 12.8. The Balaban J connectivity index is 2.12. The van der Waals surface area contributed by atoms with E-state index in [1.807, 2.05) is 31.2 Å². The summed E-state index contributed by atoms with van der Waals surface area (Å²) < 4.78 is 7.26. The van der Waals surface area contributed by atoms with E-state index in [4.69, 9.17) is 22.1 Å². The summed E-state index contributed by atoms with van der Waals surface area (Å²) in [7, 11) is 0. The van der Waals surface area contributed by atoms with Crippen molar-refractivity contribution in [2.45, 2.75) is 13.5 Å². The molecule has 0 aliphatic heterocycles. The van der Waals surface area contributed by atoms with Crippen molar-refractivity contribution < 1.29 is 14.6 Å². The molecule has 0 bridgehead atoms. The average molecular weight is 356 g/mol. The summed E-state index contributed by atoms with van der Waals surface area (Å²) in [5.41, 5.74) is 1.07. The first-order chi connectivity index (χ1) is 12.0. The van der Waals surface area contributed by atoms with E-state index in [2.05, 4.69) is 4.98 Å². The lowest BCUT2D eigenvalue weighted by Gasteiger charge is -2.12. The largest absolute Gasteiger partial charge is 0.494 e. The van der Waals surface area contributed by atoms with Crippen LogP contribution in [0.15, 0.2) is 47.3 Å². The summed E-state index contributed by atoms with van der Waals surface area (Å²) in [5.74, 6) is -0.358. The third-order valence-corrected chi connectivity index (χ3v) is 4.15. The monoisotopic (exact) mass is 356 g/mol. The number of ether oxygens (including phenoxy) is 1. The summed E-state index contributed by atoms with van der Waals surface area (Å²) >= 11 is 5.30. The predicted octanol–water partition coefficient (Wildman–Crippen LogP) is 3.20. The Hall–Kier alpha value is -2.93. The molecule has 0 spiro atoms. The first kappa shape index (κ1) is 16.9. The minimum absolute atomic E-state index is 0.0944. The van der Waals surface area contributed by atoms with Crippen molar-refractivity contribution in [1.82, 2.24) is 9.55 Å². The third-order valence-electron chi connectivity index (χ3n) is 3.83. The number of fused-ring (bicyclic) bond motifs is 1. The van der Waals surface area contributed by atoms with Gasteiger partial charge in [0.1, 0.15) is 5.75 Å². The Morgan fingerprint density at radius 2 is 2.04 bits per heavy atom. The predicted molar refractivity (Wildman–Crippen MR) is 97.1 cm³/mol. The zero-order valence-electron chi connectivity index (χ0n) is 13.5. The van der Waals surface area contributed by atoms with Gasteiger partial charge in [0.25, 0.3) is 5.56 Å². The van der Waals surface area contributed by atoms with Crippen LogP contribution < -0.4 is 10.3 Å². The fraction of sp³-hybridized carbons (Fsp3) is 0.167. The molecule has 128 valence electrons. The van der Waals surface area contributed by atoms with Crippen LogP contribution in [0.3, 0.4) is 0 Å². The molecule has 0 amide bonds. The number of aromatic nitrogens is 2. The van der Waals surface area contributed by atoms with E-state index in [0.29, 0.717) is 23.3 Å². The standard InChI is InChI=1S/C18H16N2O4S/c1-2-24-15-6-4-3-5-12(15)10-20-16(21)13-8-7-11(17(22)23)9-14(13)19-18(20)25/h3-9H,2,10H2,1H3,(H,19,25)(H,22,23). The van der Waals surface area contributed by atoms with Crippen molar-refractivity contribution in [2.24, 2.45) is 0 Å². The molecule has 0 unspecified atom stereocenters. The number of aromatic amines is 1. The van der Waals surface area contributed by atoms with Crippen LogP contribution in [0.1, 0.15) is 22.8 Å². The van der Waals surface area contributed by atoms with Crippen LogP contribution in [-0.4, -0.2) is 27.2 Å². The first-order valence-electron chi connectivity index (χ1n) is 7.72. The lowest BCUT2D eigenvalue weighted by atomic mass is 10.1. The van der Waals surface area contributed by atoms with Gasteiger partial charge in [-0.2, -0.15) is 0 Å². The number of para-hydroxylation sites is 1. The van der Waals surface area contributed by atoms with Gasteiger partial charge >= 0.3 is 5.97 Å². The van der Waals surface area contributed by atoms with Crippen LogP contribution in [-0.2, 0) is 6.54 Å². The Kier molecular flexibility index (Phi) is 4.67. The number of carboxylic acid groups (broad SMARTS) is 1. The molecule has 6 nitrogen and oxygen atoms in total. The molecule has 1 heterocycles. The lowest BCUT2D eigenvalue weighted by molar-refractivity contribution is 0.0697. The van der Waals surface area contributed by atoms with E-state index in [-0.39, 0.29) is 22.4 Å². The molecule has 1 aromatic heterocycles. The van der Waals surface area contributed by atoms with Gasteiger partial charge in [0.2, 0.25) is 0 Å². The molecule has 2 aromatic carbocycles. The molecule has 2 N–H and O–H groups in total. The number of carboxylic acids is 1. The highest BCUT2D eigenvalue weighted by Crippen LogP contribution is 2.19. The minimum Gasteiger partial charge on any atom is -0.494 e. The van der Waals surface area contributed by atoms with Gasteiger partial charge in [0, 0.05) is 5.56 Å². The molecular formula is C18H16N2O4S. The number of nitrogens with one attached hydrogen (secondary N) is 1. The molecular weight excluding hydrogens is 340 g/mol. The number of H-pyrrole nitrogens is 1. The number of hydrogen-bond donors (Lipinski definition) is 2. The Morgan fingerprint density at radius 1 is 1.28 bits per heavy atom. The fourth-order valence-corrected chi connectivity index (χ4v) is 2.89. The summed E-state index contributed by atoms with van der Waals surface area (Å²) in [6, 6.07) is 11.8. The molecule has 3 aromatic rings. The highest BCUT2D eigenvalue weighted by atomic mass is 32.1. The van der Waals surface area contributed by atoms with Crippen LogP contribution in [0.5, 0.6) is 5.75 Å². The lowest BCUT2D eigenvalue weighted by Crippen LogP contribution is -2.23. The molecule has 0 aliphatic carbocycles. The molecule has 0 saturated heterocycles. The van der Waals surface area contributed by atoms with Crippen molar-refractivity contribution in [2.75, 3.05) is 6.61 Å². The van der Waals surface area contributed by atoms with Gasteiger partial charge in [0.05, 0.1) is 29.6 Å². The molecule has 0 atom stereocenters. The second kappa shape index (κ2) is 6.90. The van der Waals surface area contributed by atoms with E-state index in [1.165, 1.54) is 22.8 Å². The number of benzene rings is 2. The number of carbonyl (C=O) groups is 1. The molecule has 25 heavy (non-hydrogen) atoms.